The summed E-state index contributed by atoms with van der Waals surface area (Å²) in [7, 11) is 0. The van der Waals surface area contributed by atoms with Gasteiger partial charge in [-0.25, -0.2) is 4.98 Å². The average Bonchev–Trinajstić information content (AvgIpc) is 2.32. The van der Waals surface area contributed by atoms with Crippen LogP contribution in [0.1, 0.15) is 19.8 Å². The molecule has 1 aliphatic heterocycles. The van der Waals surface area contributed by atoms with Gasteiger partial charge in [-0.05, 0) is 38.4 Å². The zero-order valence-electron chi connectivity index (χ0n) is 9.81. The second kappa shape index (κ2) is 5.14. The highest BCUT2D eigenvalue weighted by Gasteiger charge is 2.25. The molecule has 2 rings (SSSR count). The normalized spacial score (nSPS) is 24.3. The molecule has 0 spiro atoms. The van der Waals surface area contributed by atoms with Gasteiger partial charge >= 0.3 is 0 Å². The van der Waals surface area contributed by atoms with Crippen LogP contribution in [0.25, 0.3) is 0 Å². The number of aromatic hydroxyl groups is 1. The van der Waals surface area contributed by atoms with Gasteiger partial charge in [-0.15, -0.1) is 0 Å². The summed E-state index contributed by atoms with van der Waals surface area (Å²) in [5, 5.41) is 15.5. The second-order valence-electron chi connectivity index (χ2n) is 4.44. The fourth-order valence-electron chi connectivity index (χ4n) is 2.08. The Kier molecular flexibility index (Phi) is 3.58. The number of rotatable bonds is 2. The molecule has 1 amide bonds. The Morgan fingerprint density at radius 1 is 1.65 bits per heavy atom. The fraction of sp³-hybridized carbons (Fsp3) is 0.500. The van der Waals surface area contributed by atoms with Gasteiger partial charge < -0.3 is 15.7 Å². The molecular formula is C12H17N3O2. The van der Waals surface area contributed by atoms with E-state index in [2.05, 4.69) is 22.5 Å². The van der Waals surface area contributed by atoms with E-state index in [-0.39, 0.29) is 23.4 Å². The standard InChI is InChI=1S/C12H17N3O2/c1-8-7-9(4-6-13-8)12(17)15-11-10(16)3-2-5-14-11/h2-3,5,8-9,13,16H,4,6-7H2,1H3,(H,14,15,17). The van der Waals surface area contributed by atoms with Crippen molar-refractivity contribution >= 4 is 11.7 Å². The van der Waals surface area contributed by atoms with Crippen molar-refractivity contribution in [2.75, 3.05) is 11.9 Å². The molecule has 5 nitrogen and oxygen atoms in total. The number of carbonyl (C=O) groups is 1. The maximum absolute atomic E-state index is 12.0. The lowest BCUT2D eigenvalue weighted by atomic mass is 9.92. The van der Waals surface area contributed by atoms with Crippen molar-refractivity contribution in [1.82, 2.24) is 10.3 Å². The minimum absolute atomic E-state index is 0.00262. The van der Waals surface area contributed by atoms with Gasteiger partial charge in [0.05, 0.1) is 0 Å². The number of anilines is 1. The van der Waals surface area contributed by atoms with E-state index in [1.807, 2.05) is 0 Å². The second-order valence-corrected chi connectivity index (χ2v) is 4.44. The predicted octanol–water partition coefficient (Wildman–Crippen LogP) is 1.11. The van der Waals surface area contributed by atoms with Gasteiger partial charge in [0.25, 0.3) is 0 Å². The van der Waals surface area contributed by atoms with Gasteiger partial charge in [-0.1, -0.05) is 0 Å². The van der Waals surface area contributed by atoms with E-state index in [1.54, 1.807) is 12.3 Å². The van der Waals surface area contributed by atoms with Crippen molar-refractivity contribution in [1.29, 1.82) is 0 Å². The van der Waals surface area contributed by atoms with Gasteiger partial charge in [0.15, 0.2) is 11.6 Å². The van der Waals surface area contributed by atoms with Gasteiger partial charge in [-0.3, -0.25) is 4.79 Å². The lowest BCUT2D eigenvalue weighted by molar-refractivity contribution is -0.120. The molecule has 1 aliphatic rings. The Bertz CT molecular complexity index is 408. The molecule has 3 N–H and O–H groups in total. The molecule has 0 aromatic carbocycles. The Morgan fingerprint density at radius 2 is 2.47 bits per heavy atom. The van der Waals surface area contributed by atoms with Crippen molar-refractivity contribution in [3.63, 3.8) is 0 Å². The first-order valence-corrected chi connectivity index (χ1v) is 5.85. The SMILES string of the molecule is CC1CC(C(=O)Nc2ncccc2O)CCN1. The van der Waals surface area contributed by atoms with Crippen LogP contribution in [0.4, 0.5) is 5.82 Å². The van der Waals surface area contributed by atoms with Crippen LogP contribution in [0.3, 0.4) is 0 Å². The number of carbonyl (C=O) groups excluding carboxylic acids is 1. The van der Waals surface area contributed by atoms with Gasteiger partial charge in [-0.2, -0.15) is 0 Å². The summed E-state index contributed by atoms with van der Waals surface area (Å²) in [6.07, 6.45) is 3.18. The summed E-state index contributed by atoms with van der Waals surface area (Å²) in [5.41, 5.74) is 0. The number of nitrogens with zero attached hydrogens (tertiary/aromatic N) is 1. The molecule has 0 bridgehead atoms. The number of hydrogen-bond acceptors (Lipinski definition) is 4. The van der Waals surface area contributed by atoms with Crippen LogP contribution in [-0.4, -0.2) is 28.6 Å². The van der Waals surface area contributed by atoms with Crippen molar-refractivity contribution in [3.05, 3.63) is 18.3 Å². The Balaban J connectivity index is 1.99. The first-order chi connectivity index (χ1) is 8.16. The fourth-order valence-corrected chi connectivity index (χ4v) is 2.08. The molecule has 1 fully saturated rings. The number of hydrogen-bond donors (Lipinski definition) is 3. The third-order valence-electron chi connectivity index (χ3n) is 3.02. The Morgan fingerprint density at radius 3 is 3.18 bits per heavy atom. The van der Waals surface area contributed by atoms with Crippen LogP contribution in [0.15, 0.2) is 18.3 Å². The van der Waals surface area contributed by atoms with Gasteiger partial charge in [0.1, 0.15) is 0 Å². The zero-order chi connectivity index (χ0) is 12.3. The topological polar surface area (TPSA) is 74.2 Å². The number of aromatic nitrogens is 1. The minimum Gasteiger partial charge on any atom is -0.504 e. The molecule has 5 heteroatoms. The van der Waals surface area contributed by atoms with E-state index in [9.17, 15) is 9.90 Å². The molecule has 0 saturated carbocycles. The van der Waals surface area contributed by atoms with Crippen molar-refractivity contribution in [2.45, 2.75) is 25.8 Å². The largest absolute Gasteiger partial charge is 0.504 e. The number of pyridine rings is 1. The predicted molar refractivity (Wildman–Crippen MR) is 64.7 cm³/mol. The summed E-state index contributed by atoms with van der Waals surface area (Å²) in [6.45, 7) is 2.92. The van der Waals surface area contributed by atoms with Crippen LogP contribution >= 0.6 is 0 Å². The van der Waals surface area contributed by atoms with E-state index in [0.717, 1.165) is 19.4 Å². The minimum atomic E-state index is -0.0626. The summed E-state index contributed by atoms with van der Waals surface area (Å²) in [5.74, 6) is 0.173. The number of nitrogens with one attached hydrogen (secondary N) is 2. The average molecular weight is 235 g/mol. The molecule has 2 heterocycles. The summed E-state index contributed by atoms with van der Waals surface area (Å²) in [6, 6.07) is 3.49. The maximum atomic E-state index is 12.0. The molecular weight excluding hydrogens is 218 g/mol. The lowest BCUT2D eigenvalue weighted by Gasteiger charge is -2.26. The smallest absolute Gasteiger partial charge is 0.228 e. The number of piperidine rings is 1. The van der Waals surface area contributed by atoms with E-state index < -0.39 is 0 Å². The van der Waals surface area contributed by atoms with Crippen molar-refractivity contribution in [3.8, 4) is 5.75 Å². The molecule has 17 heavy (non-hydrogen) atoms. The summed E-state index contributed by atoms with van der Waals surface area (Å²) < 4.78 is 0. The van der Waals surface area contributed by atoms with Crippen LogP contribution in [0.2, 0.25) is 0 Å². The maximum Gasteiger partial charge on any atom is 0.228 e. The van der Waals surface area contributed by atoms with Crippen LogP contribution in [0.5, 0.6) is 5.75 Å². The number of amides is 1. The monoisotopic (exact) mass is 235 g/mol. The Hall–Kier alpha value is -1.62. The molecule has 0 radical (unpaired) electrons. The summed E-state index contributed by atoms with van der Waals surface area (Å²) >= 11 is 0. The highest BCUT2D eigenvalue weighted by Crippen LogP contribution is 2.22. The van der Waals surface area contributed by atoms with E-state index in [1.165, 1.54) is 6.07 Å². The lowest BCUT2D eigenvalue weighted by Crippen LogP contribution is -2.40. The third-order valence-corrected chi connectivity index (χ3v) is 3.02. The zero-order valence-corrected chi connectivity index (χ0v) is 9.81. The molecule has 0 aliphatic carbocycles. The molecule has 92 valence electrons. The van der Waals surface area contributed by atoms with Gasteiger partial charge in [0, 0.05) is 18.2 Å². The van der Waals surface area contributed by atoms with E-state index in [0.29, 0.717) is 6.04 Å². The van der Waals surface area contributed by atoms with Gasteiger partial charge in [0.2, 0.25) is 5.91 Å². The Labute approximate surface area is 100 Å². The molecule has 1 aromatic rings. The van der Waals surface area contributed by atoms with Crippen LogP contribution < -0.4 is 10.6 Å². The van der Waals surface area contributed by atoms with E-state index in [4.69, 9.17) is 0 Å². The van der Waals surface area contributed by atoms with Crippen molar-refractivity contribution < 1.29 is 9.90 Å². The van der Waals surface area contributed by atoms with Crippen LogP contribution in [-0.2, 0) is 4.79 Å². The van der Waals surface area contributed by atoms with Crippen LogP contribution in [0, 0.1) is 5.92 Å². The van der Waals surface area contributed by atoms with Crippen molar-refractivity contribution in [2.24, 2.45) is 5.92 Å². The quantitative estimate of drug-likeness (QED) is 0.718. The molecule has 2 atom stereocenters. The third kappa shape index (κ3) is 2.94. The molecule has 2 unspecified atom stereocenters. The van der Waals surface area contributed by atoms with E-state index >= 15 is 0 Å². The molecule has 1 saturated heterocycles. The highest BCUT2D eigenvalue weighted by molar-refractivity contribution is 5.92. The first kappa shape index (κ1) is 11.9. The summed E-state index contributed by atoms with van der Waals surface area (Å²) in [4.78, 5) is 15.9. The first-order valence-electron chi connectivity index (χ1n) is 5.85. The molecule has 1 aromatic heterocycles. The highest BCUT2D eigenvalue weighted by atomic mass is 16.3.